The Morgan fingerprint density at radius 2 is 1.73 bits per heavy atom. The zero-order valence-electron chi connectivity index (χ0n) is 12.2. The lowest BCUT2D eigenvalue weighted by Gasteiger charge is -2.16. The molecular weight excluding hydrogens is 281 g/mol. The van der Waals surface area contributed by atoms with E-state index in [4.69, 9.17) is 5.11 Å². The molecule has 0 bridgehead atoms. The van der Waals surface area contributed by atoms with E-state index in [1.165, 1.54) is 12.1 Å². The number of halogens is 1. The maximum absolute atomic E-state index is 13.0. The molecule has 2 aromatic carbocycles. The van der Waals surface area contributed by atoms with Crippen molar-refractivity contribution in [3.8, 4) is 0 Å². The molecule has 0 spiro atoms. The molecule has 2 N–H and O–H groups in total. The van der Waals surface area contributed by atoms with Crippen LogP contribution >= 0.6 is 0 Å². The number of aliphatic hydroxyl groups is 1. The maximum Gasteiger partial charge on any atom is 0.235 e. The highest BCUT2D eigenvalue weighted by atomic mass is 19.1. The Labute approximate surface area is 128 Å². The molecule has 3 nitrogen and oxygen atoms in total. The number of rotatable bonds is 5. The summed E-state index contributed by atoms with van der Waals surface area (Å²) in [5.74, 6) is -0.339. The molecule has 2 aromatic rings. The van der Waals surface area contributed by atoms with Gasteiger partial charge in [-0.3, -0.25) is 4.79 Å². The van der Waals surface area contributed by atoms with Crippen molar-refractivity contribution in [3.05, 3.63) is 65.5 Å². The van der Waals surface area contributed by atoms with Crippen molar-refractivity contribution in [3.63, 3.8) is 0 Å². The Morgan fingerprint density at radius 1 is 1.09 bits per heavy atom. The monoisotopic (exact) mass is 299 g/mol. The lowest BCUT2D eigenvalue weighted by atomic mass is 9.95. The van der Waals surface area contributed by atoms with Gasteiger partial charge in [0.25, 0.3) is 0 Å². The maximum atomic E-state index is 13.0. The lowest BCUT2D eigenvalue weighted by Crippen LogP contribution is -2.27. The fourth-order valence-electron chi connectivity index (χ4n) is 2.68. The third-order valence-corrected chi connectivity index (χ3v) is 4.19. The lowest BCUT2D eigenvalue weighted by molar-refractivity contribution is -0.118. The first-order chi connectivity index (χ1) is 10.6. The van der Waals surface area contributed by atoms with Gasteiger partial charge in [0.2, 0.25) is 5.91 Å². The number of aliphatic hydroxyl groups excluding tert-OH is 1. The summed E-state index contributed by atoms with van der Waals surface area (Å²) in [6, 6.07) is 13.6. The smallest absolute Gasteiger partial charge is 0.235 e. The van der Waals surface area contributed by atoms with E-state index in [-0.39, 0.29) is 18.3 Å². The van der Waals surface area contributed by atoms with Gasteiger partial charge in [-0.05, 0) is 54.7 Å². The van der Waals surface area contributed by atoms with Crippen molar-refractivity contribution >= 4 is 11.6 Å². The van der Waals surface area contributed by atoms with Crippen molar-refractivity contribution in [1.29, 1.82) is 0 Å². The summed E-state index contributed by atoms with van der Waals surface area (Å²) in [4.78, 5) is 12.5. The van der Waals surface area contributed by atoms with Crippen LogP contribution < -0.4 is 5.32 Å². The summed E-state index contributed by atoms with van der Waals surface area (Å²) in [5, 5.41) is 11.8. The summed E-state index contributed by atoms with van der Waals surface area (Å²) in [5.41, 5.74) is 2.11. The van der Waals surface area contributed by atoms with E-state index in [0.717, 1.165) is 29.7 Å². The first-order valence-corrected chi connectivity index (χ1v) is 7.41. The highest BCUT2D eigenvalue weighted by Crippen LogP contribution is 2.49. The van der Waals surface area contributed by atoms with Crippen LogP contribution in [0, 0.1) is 5.82 Å². The average Bonchev–Trinajstić information content (AvgIpc) is 3.32. The van der Waals surface area contributed by atoms with Crippen LogP contribution in [-0.4, -0.2) is 17.6 Å². The quantitative estimate of drug-likeness (QED) is 0.891. The third-order valence-electron chi connectivity index (χ3n) is 4.19. The Morgan fingerprint density at radius 3 is 2.27 bits per heavy atom. The van der Waals surface area contributed by atoms with Gasteiger partial charge in [-0.2, -0.15) is 0 Å². The van der Waals surface area contributed by atoms with Crippen molar-refractivity contribution < 1.29 is 14.3 Å². The Hall–Kier alpha value is -2.20. The van der Waals surface area contributed by atoms with Crippen molar-refractivity contribution in [2.45, 2.75) is 24.7 Å². The standard InChI is InChI=1S/C18H18FNO2/c19-15-5-3-14(4-6-15)18(10-11-18)17(22)20-16-7-1-13(2-8-16)9-12-21/h1-8,21H,9-12H2,(H,20,22). The van der Waals surface area contributed by atoms with Crippen LogP contribution in [0.1, 0.15) is 24.0 Å². The summed E-state index contributed by atoms with van der Waals surface area (Å²) in [7, 11) is 0. The fourth-order valence-corrected chi connectivity index (χ4v) is 2.68. The normalized spacial score (nSPS) is 15.4. The molecule has 114 valence electrons. The van der Waals surface area contributed by atoms with E-state index in [9.17, 15) is 9.18 Å². The molecule has 4 heteroatoms. The van der Waals surface area contributed by atoms with Gasteiger partial charge in [0.05, 0.1) is 5.41 Å². The van der Waals surface area contributed by atoms with Gasteiger partial charge in [-0.25, -0.2) is 4.39 Å². The molecule has 0 saturated heterocycles. The zero-order valence-corrected chi connectivity index (χ0v) is 12.2. The van der Waals surface area contributed by atoms with Crippen LogP contribution in [0.2, 0.25) is 0 Å². The SMILES string of the molecule is O=C(Nc1ccc(CCO)cc1)C1(c2ccc(F)cc2)CC1. The molecule has 1 saturated carbocycles. The molecule has 22 heavy (non-hydrogen) atoms. The van der Waals surface area contributed by atoms with Crippen LogP contribution in [0.25, 0.3) is 0 Å². The summed E-state index contributed by atoms with van der Waals surface area (Å²) < 4.78 is 13.0. The second-order valence-corrected chi connectivity index (χ2v) is 5.71. The van der Waals surface area contributed by atoms with Gasteiger partial charge >= 0.3 is 0 Å². The van der Waals surface area contributed by atoms with Gasteiger partial charge in [0, 0.05) is 12.3 Å². The number of carbonyl (C=O) groups excluding carboxylic acids is 1. The molecule has 1 aliphatic carbocycles. The molecule has 1 aliphatic rings. The fraction of sp³-hybridized carbons (Fsp3) is 0.278. The minimum atomic E-state index is -0.516. The molecule has 0 aromatic heterocycles. The van der Waals surface area contributed by atoms with Crippen molar-refractivity contribution in [2.75, 3.05) is 11.9 Å². The average molecular weight is 299 g/mol. The number of carbonyl (C=O) groups is 1. The van der Waals surface area contributed by atoms with E-state index in [1.807, 2.05) is 24.3 Å². The summed E-state index contributed by atoms with van der Waals surface area (Å²) >= 11 is 0. The number of hydrogen-bond acceptors (Lipinski definition) is 2. The van der Waals surface area contributed by atoms with Crippen molar-refractivity contribution in [1.82, 2.24) is 0 Å². The third kappa shape index (κ3) is 2.88. The Kier molecular flexibility index (Phi) is 3.94. The minimum Gasteiger partial charge on any atom is -0.396 e. The molecule has 0 heterocycles. The topological polar surface area (TPSA) is 49.3 Å². The predicted molar refractivity (Wildman–Crippen MR) is 83.2 cm³/mol. The van der Waals surface area contributed by atoms with Gasteiger partial charge in [-0.15, -0.1) is 0 Å². The number of nitrogens with one attached hydrogen (secondary N) is 1. The first kappa shape index (κ1) is 14.7. The van der Waals surface area contributed by atoms with E-state index < -0.39 is 5.41 Å². The zero-order chi connectivity index (χ0) is 15.6. The van der Waals surface area contributed by atoms with Crippen LogP contribution in [0.5, 0.6) is 0 Å². The molecule has 1 fully saturated rings. The largest absolute Gasteiger partial charge is 0.396 e. The van der Waals surface area contributed by atoms with E-state index >= 15 is 0 Å². The van der Waals surface area contributed by atoms with E-state index in [1.54, 1.807) is 12.1 Å². The van der Waals surface area contributed by atoms with Gasteiger partial charge in [-0.1, -0.05) is 24.3 Å². The van der Waals surface area contributed by atoms with Crippen LogP contribution in [0.4, 0.5) is 10.1 Å². The molecule has 3 rings (SSSR count). The molecule has 0 aliphatic heterocycles. The second kappa shape index (κ2) is 5.89. The summed E-state index contributed by atoms with van der Waals surface area (Å²) in [6.45, 7) is 0.110. The van der Waals surface area contributed by atoms with Crippen LogP contribution in [0.15, 0.2) is 48.5 Å². The number of anilines is 1. The predicted octanol–water partition coefficient (Wildman–Crippen LogP) is 3.03. The van der Waals surface area contributed by atoms with Crippen LogP contribution in [-0.2, 0) is 16.6 Å². The molecular formula is C18H18FNO2. The van der Waals surface area contributed by atoms with Crippen LogP contribution in [0.3, 0.4) is 0 Å². The van der Waals surface area contributed by atoms with Gasteiger partial charge < -0.3 is 10.4 Å². The van der Waals surface area contributed by atoms with Gasteiger partial charge in [0.15, 0.2) is 0 Å². The minimum absolute atomic E-state index is 0.0472. The second-order valence-electron chi connectivity index (χ2n) is 5.71. The van der Waals surface area contributed by atoms with E-state index in [2.05, 4.69) is 5.32 Å². The van der Waals surface area contributed by atoms with Gasteiger partial charge in [0.1, 0.15) is 5.82 Å². The Balaban J connectivity index is 1.72. The summed E-state index contributed by atoms with van der Waals surface area (Å²) in [6.07, 6.45) is 2.17. The van der Waals surface area contributed by atoms with E-state index in [0.29, 0.717) is 6.42 Å². The highest BCUT2D eigenvalue weighted by Gasteiger charge is 2.51. The molecule has 0 atom stereocenters. The molecule has 0 unspecified atom stereocenters. The number of amides is 1. The Bertz CT molecular complexity index is 660. The molecule has 0 radical (unpaired) electrons. The first-order valence-electron chi connectivity index (χ1n) is 7.41. The number of benzene rings is 2. The van der Waals surface area contributed by atoms with Crippen molar-refractivity contribution in [2.24, 2.45) is 0 Å². The highest BCUT2D eigenvalue weighted by molar-refractivity contribution is 6.01. The number of hydrogen-bond donors (Lipinski definition) is 2. The molecule has 1 amide bonds.